The summed E-state index contributed by atoms with van der Waals surface area (Å²) < 4.78 is 7.63. The molecule has 0 aliphatic carbocycles. The summed E-state index contributed by atoms with van der Waals surface area (Å²) in [5.74, 6) is 2.76. The number of pyridine rings is 2. The lowest BCUT2D eigenvalue weighted by molar-refractivity contribution is 0.122. The van der Waals surface area contributed by atoms with Gasteiger partial charge in [0, 0.05) is 56.7 Å². The highest BCUT2D eigenvalue weighted by Crippen LogP contribution is 2.32. The highest BCUT2D eigenvalue weighted by molar-refractivity contribution is 5.83. The number of hydrogen-bond acceptors (Lipinski definition) is 11. The molecule has 0 spiro atoms. The third-order valence-electron chi connectivity index (χ3n) is 8.23. The van der Waals surface area contributed by atoms with Crippen LogP contribution < -0.4 is 16.0 Å². The predicted molar refractivity (Wildman–Crippen MR) is 168 cm³/mol. The van der Waals surface area contributed by atoms with E-state index in [9.17, 15) is 0 Å². The van der Waals surface area contributed by atoms with E-state index in [1.165, 1.54) is 11.9 Å². The first-order valence-electron chi connectivity index (χ1n) is 14.9. The Bertz CT molecular complexity index is 1800. The average molecular weight is 588 g/mol. The maximum atomic E-state index is 9.10. The Kier molecular flexibility index (Phi) is 7.70. The fourth-order valence-electron chi connectivity index (χ4n) is 5.90. The van der Waals surface area contributed by atoms with Gasteiger partial charge in [-0.15, -0.1) is 0 Å². The second-order valence-corrected chi connectivity index (χ2v) is 11.1. The number of nitrogen functional groups attached to an aromatic ring is 1. The van der Waals surface area contributed by atoms with Crippen LogP contribution in [-0.4, -0.2) is 79.8 Å². The van der Waals surface area contributed by atoms with E-state index < -0.39 is 0 Å². The van der Waals surface area contributed by atoms with Crippen molar-refractivity contribution in [3.63, 3.8) is 0 Å². The van der Waals surface area contributed by atoms with E-state index in [0.717, 1.165) is 73.8 Å². The monoisotopic (exact) mass is 587 g/mol. The molecule has 7 rings (SSSR count). The third kappa shape index (κ3) is 5.75. The molecule has 2 aliphatic rings. The van der Waals surface area contributed by atoms with Crippen LogP contribution in [0.3, 0.4) is 0 Å². The molecule has 6 heterocycles. The molecule has 0 atom stereocenters. The van der Waals surface area contributed by atoms with Crippen molar-refractivity contribution in [3.05, 3.63) is 78.4 Å². The number of rotatable bonds is 7. The van der Waals surface area contributed by atoms with Crippen molar-refractivity contribution < 1.29 is 4.74 Å². The Labute approximate surface area is 255 Å². The van der Waals surface area contributed by atoms with Gasteiger partial charge < -0.3 is 20.7 Å². The van der Waals surface area contributed by atoms with Gasteiger partial charge in [-0.2, -0.15) is 5.26 Å². The van der Waals surface area contributed by atoms with E-state index in [-0.39, 0.29) is 0 Å². The molecule has 0 unspecified atom stereocenters. The minimum absolute atomic E-state index is 0.317. The van der Waals surface area contributed by atoms with Gasteiger partial charge in [-0.05, 0) is 54.8 Å². The lowest BCUT2D eigenvalue weighted by Crippen LogP contribution is -2.38. The molecule has 3 N–H and O–H groups in total. The molecule has 4 aromatic heterocycles. The predicted octanol–water partition coefficient (Wildman–Crippen LogP) is 3.64. The molecule has 5 aromatic rings. The highest BCUT2D eigenvalue weighted by Gasteiger charge is 2.22. The summed E-state index contributed by atoms with van der Waals surface area (Å²) in [6.07, 6.45) is 5.12. The number of hydrogen-bond donors (Lipinski definition) is 2. The zero-order chi connectivity index (χ0) is 29.9. The number of nitrogens with one attached hydrogen (secondary N) is 1. The number of imidazole rings is 1. The molecular weight excluding hydrogens is 554 g/mol. The molecule has 2 fully saturated rings. The SMILES string of the molecule is N#Cc1cc(NC2CCN(Cc3ccc(-n4c(-c5cccnc5N)nc5ccc(N6CCOCC6)nc54)cc3)CC2)ncn1. The van der Waals surface area contributed by atoms with Crippen molar-refractivity contribution in [2.75, 3.05) is 55.3 Å². The van der Waals surface area contributed by atoms with Crippen molar-refractivity contribution in [1.29, 1.82) is 5.26 Å². The number of aromatic nitrogens is 6. The molecular formula is C32H33N11O. The zero-order valence-corrected chi connectivity index (χ0v) is 24.3. The Balaban J connectivity index is 1.11. The van der Waals surface area contributed by atoms with Gasteiger partial charge in [-0.1, -0.05) is 12.1 Å². The topological polar surface area (TPSA) is 147 Å². The van der Waals surface area contributed by atoms with E-state index in [4.69, 9.17) is 25.7 Å². The van der Waals surface area contributed by atoms with Crippen LogP contribution in [0.2, 0.25) is 0 Å². The first-order chi connectivity index (χ1) is 21.6. The number of fused-ring (bicyclic) bond motifs is 1. The van der Waals surface area contributed by atoms with Crippen LogP contribution in [0.4, 0.5) is 17.5 Å². The van der Waals surface area contributed by atoms with E-state index in [1.54, 1.807) is 12.3 Å². The summed E-state index contributed by atoms with van der Waals surface area (Å²) in [5, 5.41) is 12.6. The van der Waals surface area contributed by atoms with E-state index in [0.29, 0.717) is 42.4 Å². The third-order valence-corrected chi connectivity index (χ3v) is 8.23. The number of piperidine rings is 1. The molecule has 12 heteroatoms. The molecule has 0 radical (unpaired) electrons. The Hall–Kier alpha value is -5.12. The van der Waals surface area contributed by atoms with Gasteiger partial charge in [0.25, 0.3) is 0 Å². The summed E-state index contributed by atoms with van der Waals surface area (Å²) in [5.41, 5.74) is 11.2. The van der Waals surface area contributed by atoms with Gasteiger partial charge in [0.15, 0.2) is 11.5 Å². The van der Waals surface area contributed by atoms with E-state index >= 15 is 0 Å². The van der Waals surface area contributed by atoms with Crippen LogP contribution in [0, 0.1) is 11.3 Å². The van der Waals surface area contributed by atoms with Crippen LogP contribution >= 0.6 is 0 Å². The van der Waals surface area contributed by atoms with Gasteiger partial charge in [0.1, 0.15) is 41.1 Å². The summed E-state index contributed by atoms with van der Waals surface area (Å²) in [4.78, 5) is 27.3. The second-order valence-electron chi connectivity index (χ2n) is 11.1. The fourth-order valence-corrected chi connectivity index (χ4v) is 5.90. The molecule has 44 heavy (non-hydrogen) atoms. The lowest BCUT2D eigenvalue weighted by atomic mass is 10.0. The fraction of sp³-hybridized carbons (Fsp3) is 0.312. The van der Waals surface area contributed by atoms with Crippen molar-refractivity contribution >= 4 is 28.6 Å². The number of morpholine rings is 1. The molecule has 0 bridgehead atoms. The summed E-state index contributed by atoms with van der Waals surface area (Å²) in [6.45, 7) is 5.81. The van der Waals surface area contributed by atoms with Gasteiger partial charge >= 0.3 is 0 Å². The van der Waals surface area contributed by atoms with Crippen LogP contribution in [0.15, 0.2) is 67.1 Å². The van der Waals surface area contributed by atoms with Crippen molar-refractivity contribution in [3.8, 4) is 23.1 Å². The largest absolute Gasteiger partial charge is 0.383 e. The molecule has 0 saturated carbocycles. The molecule has 12 nitrogen and oxygen atoms in total. The minimum Gasteiger partial charge on any atom is -0.383 e. The summed E-state index contributed by atoms with van der Waals surface area (Å²) in [7, 11) is 0. The van der Waals surface area contributed by atoms with Gasteiger partial charge in [0.2, 0.25) is 0 Å². The van der Waals surface area contributed by atoms with Gasteiger partial charge in [-0.3, -0.25) is 9.47 Å². The number of benzene rings is 1. The molecule has 1 aromatic carbocycles. The first kappa shape index (κ1) is 27.7. The number of ether oxygens (including phenoxy) is 1. The summed E-state index contributed by atoms with van der Waals surface area (Å²) in [6, 6.07) is 20.6. The van der Waals surface area contributed by atoms with Crippen LogP contribution in [0.5, 0.6) is 0 Å². The van der Waals surface area contributed by atoms with Crippen molar-refractivity contribution in [2.24, 2.45) is 0 Å². The number of nitriles is 1. The number of anilines is 3. The molecule has 0 amide bonds. The normalized spacial score (nSPS) is 16.2. The number of nitrogens with two attached hydrogens (primary N) is 1. The summed E-state index contributed by atoms with van der Waals surface area (Å²) >= 11 is 0. The zero-order valence-electron chi connectivity index (χ0n) is 24.3. The Morgan fingerprint density at radius 3 is 2.55 bits per heavy atom. The Morgan fingerprint density at radius 2 is 1.77 bits per heavy atom. The van der Waals surface area contributed by atoms with Crippen molar-refractivity contribution in [1.82, 2.24) is 34.4 Å². The van der Waals surface area contributed by atoms with Crippen LogP contribution in [-0.2, 0) is 11.3 Å². The van der Waals surface area contributed by atoms with E-state index in [1.807, 2.05) is 24.3 Å². The Morgan fingerprint density at radius 1 is 0.955 bits per heavy atom. The van der Waals surface area contributed by atoms with Crippen LogP contribution in [0.25, 0.3) is 28.2 Å². The number of likely N-dealkylation sites (tertiary alicyclic amines) is 1. The standard InChI is InChI=1S/C32H33N11O/c33-19-24-18-28(37-21-36-24)38-23-9-12-41(13-10-23)20-22-3-5-25(6-4-22)43-31(26-2-1-11-35-30(26)34)39-27-7-8-29(40-32(27)43)42-14-16-44-17-15-42/h1-8,11,18,21,23H,9-10,12-17,20H2,(H2,34,35)(H,36,37,38). The smallest absolute Gasteiger partial charge is 0.167 e. The van der Waals surface area contributed by atoms with E-state index in [2.05, 4.69) is 65.0 Å². The second kappa shape index (κ2) is 12.2. The molecule has 222 valence electrons. The quantitative estimate of drug-likeness (QED) is 0.288. The maximum absolute atomic E-state index is 9.10. The molecule has 2 aliphatic heterocycles. The van der Waals surface area contributed by atoms with Crippen LogP contribution in [0.1, 0.15) is 24.1 Å². The van der Waals surface area contributed by atoms with Crippen molar-refractivity contribution in [2.45, 2.75) is 25.4 Å². The average Bonchev–Trinajstić information content (AvgIpc) is 3.45. The molecule has 2 saturated heterocycles. The van der Waals surface area contributed by atoms with Gasteiger partial charge in [0.05, 0.1) is 18.8 Å². The van der Waals surface area contributed by atoms with Gasteiger partial charge in [-0.25, -0.2) is 24.9 Å². The number of nitrogens with zero attached hydrogens (tertiary/aromatic N) is 9. The first-order valence-corrected chi connectivity index (χ1v) is 14.9. The maximum Gasteiger partial charge on any atom is 0.167 e. The lowest BCUT2D eigenvalue weighted by Gasteiger charge is -2.32. The minimum atomic E-state index is 0.317. The highest BCUT2D eigenvalue weighted by atomic mass is 16.5.